The zero-order valence-electron chi connectivity index (χ0n) is 10.5. The van der Waals surface area contributed by atoms with Crippen LogP contribution in [0, 0.1) is 5.82 Å². The molecule has 2 heterocycles. The topological polar surface area (TPSA) is 17.8 Å². The van der Waals surface area contributed by atoms with E-state index in [2.05, 4.69) is 9.55 Å². The highest BCUT2D eigenvalue weighted by Crippen LogP contribution is 2.32. The number of halogens is 1. The lowest BCUT2D eigenvalue weighted by Crippen LogP contribution is -1.91. The molecule has 0 aliphatic carbocycles. The van der Waals surface area contributed by atoms with E-state index in [0.29, 0.717) is 0 Å². The summed E-state index contributed by atoms with van der Waals surface area (Å²) in [6.45, 7) is 0. The lowest BCUT2D eigenvalue weighted by molar-refractivity contribution is 0.628. The molecule has 0 bridgehead atoms. The van der Waals surface area contributed by atoms with Gasteiger partial charge in [0, 0.05) is 36.8 Å². The van der Waals surface area contributed by atoms with Crippen LogP contribution in [0.3, 0.4) is 0 Å². The van der Waals surface area contributed by atoms with Crippen LogP contribution in [0.15, 0.2) is 61.1 Å². The van der Waals surface area contributed by atoms with Gasteiger partial charge >= 0.3 is 0 Å². The Morgan fingerprint density at radius 3 is 2.26 bits per heavy atom. The normalized spacial score (nSPS) is 10.6. The minimum absolute atomic E-state index is 0.217. The molecule has 0 N–H and O–H groups in total. The molecule has 3 rings (SSSR count). The van der Waals surface area contributed by atoms with Crippen molar-refractivity contribution in [2.24, 2.45) is 7.05 Å². The molecule has 0 amide bonds. The van der Waals surface area contributed by atoms with Crippen molar-refractivity contribution in [2.45, 2.75) is 0 Å². The fourth-order valence-corrected chi connectivity index (χ4v) is 2.26. The summed E-state index contributed by atoms with van der Waals surface area (Å²) >= 11 is 0. The van der Waals surface area contributed by atoms with Gasteiger partial charge in [-0.1, -0.05) is 12.1 Å². The summed E-state index contributed by atoms with van der Waals surface area (Å²) in [6.07, 6.45) is 5.56. The van der Waals surface area contributed by atoms with Crippen LogP contribution in [0.1, 0.15) is 0 Å². The first-order valence-corrected chi connectivity index (χ1v) is 6.07. The minimum atomic E-state index is -0.217. The van der Waals surface area contributed by atoms with Crippen LogP contribution in [0.2, 0.25) is 0 Å². The summed E-state index contributed by atoms with van der Waals surface area (Å²) < 4.78 is 15.1. The molecule has 94 valence electrons. The summed E-state index contributed by atoms with van der Waals surface area (Å²) in [7, 11) is 2.00. The van der Waals surface area contributed by atoms with E-state index in [-0.39, 0.29) is 5.82 Å². The largest absolute Gasteiger partial charge is 0.350 e. The number of hydrogen-bond acceptors (Lipinski definition) is 1. The molecule has 19 heavy (non-hydrogen) atoms. The third kappa shape index (κ3) is 2.15. The number of hydrogen-bond donors (Lipinski definition) is 0. The molecular weight excluding hydrogens is 239 g/mol. The average molecular weight is 252 g/mol. The number of nitrogens with zero attached hydrogens (tertiary/aromatic N) is 2. The number of rotatable bonds is 2. The van der Waals surface area contributed by atoms with Crippen molar-refractivity contribution in [1.82, 2.24) is 9.55 Å². The smallest absolute Gasteiger partial charge is 0.123 e. The van der Waals surface area contributed by atoms with Gasteiger partial charge < -0.3 is 4.57 Å². The number of aromatic nitrogens is 2. The molecule has 0 saturated carbocycles. The Morgan fingerprint density at radius 2 is 1.58 bits per heavy atom. The standard InChI is InChI=1S/C16H13FN2/c1-19-11-8-15(12-2-4-14(17)5-3-12)16(19)13-6-9-18-10-7-13/h2-11H,1H3. The van der Waals surface area contributed by atoms with Gasteiger partial charge in [0.1, 0.15) is 5.82 Å². The van der Waals surface area contributed by atoms with Crippen LogP contribution >= 0.6 is 0 Å². The van der Waals surface area contributed by atoms with Crippen molar-refractivity contribution in [3.8, 4) is 22.4 Å². The Morgan fingerprint density at radius 1 is 0.895 bits per heavy atom. The molecule has 0 radical (unpaired) electrons. The summed E-state index contributed by atoms with van der Waals surface area (Å²) in [6, 6.07) is 12.6. The van der Waals surface area contributed by atoms with Crippen molar-refractivity contribution in [3.05, 3.63) is 66.9 Å². The van der Waals surface area contributed by atoms with Gasteiger partial charge in [0.2, 0.25) is 0 Å². The molecular formula is C16H13FN2. The number of aryl methyl sites for hydroxylation is 1. The molecule has 0 spiro atoms. The van der Waals surface area contributed by atoms with E-state index < -0.39 is 0 Å². The molecule has 3 heteroatoms. The third-order valence-electron chi connectivity index (χ3n) is 3.18. The molecule has 0 aliphatic rings. The second-order valence-corrected chi connectivity index (χ2v) is 4.43. The second kappa shape index (κ2) is 4.69. The molecule has 2 aromatic heterocycles. The van der Waals surface area contributed by atoms with Crippen LogP contribution < -0.4 is 0 Å². The quantitative estimate of drug-likeness (QED) is 0.676. The molecule has 1 aromatic carbocycles. The number of benzene rings is 1. The van der Waals surface area contributed by atoms with Crippen LogP contribution in [-0.4, -0.2) is 9.55 Å². The van der Waals surface area contributed by atoms with Gasteiger partial charge in [-0.05, 0) is 35.9 Å². The van der Waals surface area contributed by atoms with Gasteiger partial charge in [-0.3, -0.25) is 4.98 Å². The zero-order valence-corrected chi connectivity index (χ0v) is 10.5. The molecule has 3 aromatic rings. The van der Waals surface area contributed by atoms with Gasteiger partial charge in [0.25, 0.3) is 0 Å². The fraction of sp³-hybridized carbons (Fsp3) is 0.0625. The minimum Gasteiger partial charge on any atom is -0.350 e. The van der Waals surface area contributed by atoms with E-state index in [0.717, 1.165) is 22.4 Å². The molecule has 0 fully saturated rings. The average Bonchev–Trinajstić information content (AvgIpc) is 2.82. The Balaban J connectivity index is 2.16. The van der Waals surface area contributed by atoms with Crippen molar-refractivity contribution in [2.75, 3.05) is 0 Å². The fourth-order valence-electron chi connectivity index (χ4n) is 2.26. The van der Waals surface area contributed by atoms with E-state index >= 15 is 0 Å². The third-order valence-corrected chi connectivity index (χ3v) is 3.18. The lowest BCUT2D eigenvalue weighted by Gasteiger charge is -2.08. The van der Waals surface area contributed by atoms with E-state index in [1.165, 1.54) is 12.1 Å². The van der Waals surface area contributed by atoms with Gasteiger partial charge in [-0.25, -0.2) is 4.39 Å². The van der Waals surface area contributed by atoms with Crippen LogP contribution in [0.4, 0.5) is 4.39 Å². The second-order valence-electron chi connectivity index (χ2n) is 4.43. The van der Waals surface area contributed by atoms with Crippen LogP contribution in [0.5, 0.6) is 0 Å². The van der Waals surface area contributed by atoms with E-state index in [9.17, 15) is 4.39 Å². The molecule has 0 saturated heterocycles. The highest BCUT2D eigenvalue weighted by Gasteiger charge is 2.11. The summed E-state index contributed by atoms with van der Waals surface area (Å²) in [5.74, 6) is -0.217. The first kappa shape index (κ1) is 11.7. The Kier molecular flexibility index (Phi) is 2.88. The maximum Gasteiger partial charge on any atom is 0.123 e. The highest BCUT2D eigenvalue weighted by atomic mass is 19.1. The predicted octanol–water partition coefficient (Wildman–Crippen LogP) is 3.89. The van der Waals surface area contributed by atoms with E-state index in [1.807, 2.05) is 31.4 Å². The van der Waals surface area contributed by atoms with Gasteiger partial charge in [-0.15, -0.1) is 0 Å². The van der Waals surface area contributed by atoms with Gasteiger partial charge in [0.15, 0.2) is 0 Å². The highest BCUT2D eigenvalue weighted by molar-refractivity contribution is 5.81. The lowest BCUT2D eigenvalue weighted by atomic mass is 10.0. The maximum atomic E-state index is 13.0. The zero-order chi connectivity index (χ0) is 13.2. The summed E-state index contributed by atoms with van der Waals surface area (Å²) in [5.41, 5.74) is 4.30. The van der Waals surface area contributed by atoms with E-state index in [1.54, 1.807) is 24.5 Å². The first-order valence-electron chi connectivity index (χ1n) is 6.07. The molecule has 0 atom stereocenters. The maximum absolute atomic E-state index is 13.0. The van der Waals surface area contributed by atoms with E-state index in [4.69, 9.17) is 0 Å². The van der Waals surface area contributed by atoms with Crippen LogP contribution in [0.25, 0.3) is 22.4 Å². The van der Waals surface area contributed by atoms with Crippen molar-refractivity contribution in [1.29, 1.82) is 0 Å². The van der Waals surface area contributed by atoms with Crippen LogP contribution in [-0.2, 0) is 7.05 Å². The Hall–Kier alpha value is -2.42. The van der Waals surface area contributed by atoms with Gasteiger partial charge in [0.05, 0.1) is 5.69 Å². The van der Waals surface area contributed by atoms with Gasteiger partial charge in [-0.2, -0.15) is 0 Å². The summed E-state index contributed by atoms with van der Waals surface area (Å²) in [5, 5.41) is 0. The van der Waals surface area contributed by atoms with Crippen molar-refractivity contribution < 1.29 is 4.39 Å². The Labute approximate surface area is 111 Å². The molecule has 0 unspecified atom stereocenters. The van der Waals surface area contributed by atoms with Crippen molar-refractivity contribution in [3.63, 3.8) is 0 Å². The summed E-state index contributed by atoms with van der Waals surface area (Å²) in [4.78, 5) is 4.04. The molecule has 2 nitrogen and oxygen atoms in total. The Bertz CT molecular complexity index is 685. The first-order chi connectivity index (χ1) is 9.25. The molecule has 0 aliphatic heterocycles. The number of pyridine rings is 1. The predicted molar refractivity (Wildman–Crippen MR) is 74.0 cm³/mol. The monoisotopic (exact) mass is 252 g/mol. The van der Waals surface area contributed by atoms with Crippen molar-refractivity contribution >= 4 is 0 Å². The SMILES string of the molecule is Cn1ccc(-c2ccc(F)cc2)c1-c1ccncc1.